The molecule has 6 nitrogen and oxygen atoms in total. The van der Waals surface area contributed by atoms with E-state index >= 15 is 0 Å². The molecular weight excluding hydrogens is 318 g/mol. The van der Waals surface area contributed by atoms with Crippen LogP contribution in [0, 0.1) is 25.7 Å². The van der Waals surface area contributed by atoms with E-state index < -0.39 is 0 Å². The summed E-state index contributed by atoms with van der Waals surface area (Å²) in [6, 6.07) is 7.56. The van der Waals surface area contributed by atoms with Crippen molar-refractivity contribution in [3.8, 4) is 23.8 Å². The number of fused-ring (bicyclic) bond motifs is 1. The predicted octanol–water partition coefficient (Wildman–Crippen LogP) is 4.02. The van der Waals surface area contributed by atoms with Crippen LogP contribution in [0.2, 0.25) is 0 Å². The summed E-state index contributed by atoms with van der Waals surface area (Å²) >= 11 is 0. The maximum atomic E-state index is 5.57. The van der Waals surface area contributed by atoms with Crippen molar-refractivity contribution in [3.63, 3.8) is 0 Å². The number of pyridine rings is 1. The molecular formula is C19H13N3O3. The third-order valence-electron chi connectivity index (χ3n) is 3.59. The van der Waals surface area contributed by atoms with Gasteiger partial charge >= 0.3 is 6.08 Å². The summed E-state index contributed by atoms with van der Waals surface area (Å²) in [4.78, 5) is 8.16. The summed E-state index contributed by atoms with van der Waals surface area (Å²) in [5, 5.41) is 4.68. The number of oxazole rings is 1. The van der Waals surface area contributed by atoms with Gasteiger partial charge in [-0.2, -0.15) is 4.98 Å². The van der Waals surface area contributed by atoms with Crippen LogP contribution in [0.5, 0.6) is 12.0 Å². The molecule has 0 aliphatic heterocycles. The largest absolute Gasteiger partial charge is 0.417 e. The van der Waals surface area contributed by atoms with Crippen LogP contribution in [0.15, 0.2) is 51.9 Å². The molecule has 0 amide bonds. The van der Waals surface area contributed by atoms with Gasteiger partial charge in [0.15, 0.2) is 5.58 Å². The van der Waals surface area contributed by atoms with Gasteiger partial charge in [-0.1, -0.05) is 17.9 Å². The van der Waals surface area contributed by atoms with Gasteiger partial charge in [0.1, 0.15) is 6.26 Å². The summed E-state index contributed by atoms with van der Waals surface area (Å²) in [7, 11) is 0. The Morgan fingerprint density at radius 1 is 1.12 bits per heavy atom. The molecule has 1 aromatic carbocycles. The maximum absolute atomic E-state index is 5.57. The van der Waals surface area contributed by atoms with Gasteiger partial charge in [-0.05, 0) is 42.8 Å². The lowest BCUT2D eigenvalue weighted by Gasteiger charge is -1.99. The van der Waals surface area contributed by atoms with Crippen molar-refractivity contribution >= 4 is 11.0 Å². The molecule has 0 aliphatic carbocycles. The van der Waals surface area contributed by atoms with E-state index in [4.69, 9.17) is 13.7 Å². The normalized spacial score (nSPS) is 10.5. The zero-order chi connectivity index (χ0) is 17.2. The molecule has 0 aliphatic rings. The Balaban J connectivity index is 1.75. The Morgan fingerprint density at radius 2 is 2.04 bits per heavy atom. The fourth-order valence-corrected chi connectivity index (χ4v) is 2.34. The first-order valence-corrected chi connectivity index (χ1v) is 7.62. The molecule has 0 saturated carbocycles. The molecule has 0 unspecified atom stereocenters. The molecule has 25 heavy (non-hydrogen) atoms. The van der Waals surface area contributed by atoms with Crippen molar-refractivity contribution in [2.75, 3.05) is 0 Å². The molecule has 3 aromatic heterocycles. The van der Waals surface area contributed by atoms with Crippen molar-refractivity contribution in [3.05, 3.63) is 65.3 Å². The standard InChI is InChI=1S/C19H13N3O3/c1-12-5-7-16-17(15(12)8-6-14-4-3-9-20-10-14)25-22-18(16)24-19-21-13(2)11-23-19/h3-5,7,9-11H,1-2H3. The second kappa shape index (κ2) is 6.13. The smallest absolute Gasteiger partial charge is 0.400 e. The number of aromatic nitrogens is 3. The lowest BCUT2D eigenvalue weighted by atomic mass is 10.1. The summed E-state index contributed by atoms with van der Waals surface area (Å²) in [6.07, 6.45) is 5.05. The van der Waals surface area contributed by atoms with Crippen molar-refractivity contribution in [1.82, 2.24) is 15.1 Å². The topological polar surface area (TPSA) is 74.2 Å². The maximum Gasteiger partial charge on any atom is 0.400 e. The molecule has 3 heterocycles. The lowest BCUT2D eigenvalue weighted by molar-refractivity contribution is 0.303. The number of aryl methyl sites for hydroxylation is 2. The molecule has 122 valence electrons. The van der Waals surface area contributed by atoms with Crippen LogP contribution in [0.4, 0.5) is 0 Å². The summed E-state index contributed by atoms with van der Waals surface area (Å²) in [5.74, 6) is 6.51. The molecule has 0 bridgehead atoms. The van der Waals surface area contributed by atoms with E-state index in [1.165, 1.54) is 6.26 Å². The molecule has 4 aromatic rings. The molecule has 0 spiro atoms. The van der Waals surface area contributed by atoms with E-state index in [0.717, 1.165) is 22.4 Å². The highest BCUT2D eigenvalue weighted by Crippen LogP contribution is 2.31. The highest BCUT2D eigenvalue weighted by atomic mass is 16.6. The second-order valence-electron chi connectivity index (χ2n) is 5.47. The molecule has 0 saturated heterocycles. The van der Waals surface area contributed by atoms with Crippen molar-refractivity contribution in [2.45, 2.75) is 13.8 Å². The fourth-order valence-electron chi connectivity index (χ4n) is 2.34. The second-order valence-corrected chi connectivity index (χ2v) is 5.47. The summed E-state index contributed by atoms with van der Waals surface area (Å²) in [6.45, 7) is 3.78. The van der Waals surface area contributed by atoms with E-state index in [1.54, 1.807) is 12.4 Å². The third-order valence-corrected chi connectivity index (χ3v) is 3.59. The van der Waals surface area contributed by atoms with E-state index in [1.807, 2.05) is 38.1 Å². The first-order chi connectivity index (χ1) is 12.2. The van der Waals surface area contributed by atoms with Crippen LogP contribution in [0.25, 0.3) is 11.0 Å². The summed E-state index contributed by atoms with van der Waals surface area (Å²) in [5.41, 5.74) is 3.85. The fraction of sp³-hybridized carbons (Fsp3) is 0.105. The lowest BCUT2D eigenvalue weighted by Crippen LogP contribution is -1.86. The Morgan fingerprint density at radius 3 is 2.80 bits per heavy atom. The molecule has 4 rings (SSSR count). The monoisotopic (exact) mass is 331 g/mol. The highest BCUT2D eigenvalue weighted by molar-refractivity contribution is 5.88. The van der Waals surface area contributed by atoms with Crippen molar-refractivity contribution < 1.29 is 13.7 Å². The first-order valence-electron chi connectivity index (χ1n) is 7.62. The van der Waals surface area contributed by atoms with Crippen LogP contribution in [-0.4, -0.2) is 15.1 Å². The van der Waals surface area contributed by atoms with Crippen LogP contribution < -0.4 is 4.74 Å². The zero-order valence-corrected chi connectivity index (χ0v) is 13.6. The Kier molecular flexibility index (Phi) is 3.67. The van der Waals surface area contributed by atoms with Crippen molar-refractivity contribution in [1.29, 1.82) is 0 Å². The molecule has 6 heteroatoms. The minimum Gasteiger partial charge on any atom is -0.417 e. The first kappa shape index (κ1) is 15.0. The van der Waals surface area contributed by atoms with E-state index in [9.17, 15) is 0 Å². The van der Waals surface area contributed by atoms with Crippen LogP contribution in [0.1, 0.15) is 22.4 Å². The minimum absolute atomic E-state index is 0.122. The van der Waals surface area contributed by atoms with Gasteiger partial charge in [0.25, 0.3) is 5.88 Å². The molecule has 0 N–H and O–H groups in total. The van der Waals surface area contributed by atoms with Crippen LogP contribution in [0.3, 0.4) is 0 Å². The average molecular weight is 331 g/mol. The number of hydrogen-bond donors (Lipinski definition) is 0. The molecule has 0 atom stereocenters. The number of ether oxygens (including phenoxy) is 1. The highest BCUT2D eigenvalue weighted by Gasteiger charge is 2.16. The number of hydrogen-bond acceptors (Lipinski definition) is 6. The van der Waals surface area contributed by atoms with Crippen LogP contribution >= 0.6 is 0 Å². The Labute approximate surface area is 143 Å². The van der Waals surface area contributed by atoms with Gasteiger partial charge in [0.05, 0.1) is 16.6 Å². The predicted molar refractivity (Wildman–Crippen MR) is 90.3 cm³/mol. The van der Waals surface area contributed by atoms with Gasteiger partial charge < -0.3 is 13.7 Å². The Bertz CT molecular complexity index is 1100. The van der Waals surface area contributed by atoms with Gasteiger partial charge in [-0.25, -0.2) is 0 Å². The molecule has 0 fully saturated rings. The number of rotatable bonds is 2. The summed E-state index contributed by atoms with van der Waals surface area (Å²) < 4.78 is 16.2. The van der Waals surface area contributed by atoms with Gasteiger partial charge in [0.2, 0.25) is 0 Å². The van der Waals surface area contributed by atoms with Gasteiger partial charge in [-0.15, -0.1) is 0 Å². The van der Waals surface area contributed by atoms with E-state index in [-0.39, 0.29) is 6.08 Å². The van der Waals surface area contributed by atoms with Gasteiger partial charge in [0, 0.05) is 18.0 Å². The molecule has 0 radical (unpaired) electrons. The van der Waals surface area contributed by atoms with E-state index in [2.05, 4.69) is 27.0 Å². The average Bonchev–Trinajstić information content (AvgIpc) is 3.22. The minimum atomic E-state index is 0.122. The van der Waals surface area contributed by atoms with Gasteiger partial charge in [-0.3, -0.25) is 4.98 Å². The zero-order valence-electron chi connectivity index (χ0n) is 13.6. The quantitative estimate of drug-likeness (QED) is 0.517. The number of nitrogens with zero attached hydrogens (tertiary/aromatic N) is 3. The van der Waals surface area contributed by atoms with Crippen LogP contribution in [-0.2, 0) is 0 Å². The van der Waals surface area contributed by atoms with E-state index in [0.29, 0.717) is 16.8 Å². The Hall–Kier alpha value is -3.59. The van der Waals surface area contributed by atoms with Crippen molar-refractivity contribution in [2.24, 2.45) is 0 Å². The SMILES string of the molecule is Cc1coc(Oc2noc3c(C#Cc4cccnc4)c(C)ccc23)n1. The number of benzene rings is 1. The third kappa shape index (κ3) is 2.95.